The SMILES string of the molecule is COc1cc(C(C)Nc2nccc(N3C(=O)OCC3C(C)C)n2)cc(OC)c1Br. The first-order valence-corrected chi connectivity index (χ1v) is 10.1. The molecule has 0 radical (unpaired) electrons. The lowest BCUT2D eigenvalue weighted by Crippen LogP contribution is -2.37. The molecule has 1 aliphatic heterocycles. The highest BCUT2D eigenvalue weighted by molar-refractivity contribution is 9.10. The molecule has 3 rings (SSSR count). The van der Waals surface area contributed by atoms with Crippen molar-refractivity contribution >= 4 is 33.8 Å². The summed E-state index contributed by atoms with van der Waals surface area (Å²) >= 11 is 3.48. The number of methoxy groups -OCH3 is 2. The van der Waals surface area contributed by atoms with Gasteiger partial charge >= 0.3 is 6.09 Å². The zero-order valence-electron chi connectivity index (χ0n) is 17.1. The van der Waals surface area contributed by atoms with Crippen molar-refractivity contribution in [3.8, 4) is 11.5 Å². The number of hydrogen-bond donors (Lipinski definition) is 1. The average molecular weight is 465 g/mol. The predicted molar refractivity (Wildman–Crippen MR) is 114 cm³/mol. The van der Waals surface area contributed by atoms with Gasteiger partial charge in [0.25, 0.3) is 0 Å². The summed E-state index contributed by atoms with van der Waals surface area (Å²) in [5.74, 6) is 2.51. The summed E-state index contributed by atoms with van der Waals surface area (Å²) in [5, 5.41) is 3.28. The third-order valence-corrected chi connectivity index (χ3v) is 5.66. The van der Waals surface area contributed by atoms with E-state index in [1.54, 1.807) is 31.4 Å². The van der Waals surface area contributed by atoms with E-state index in [0.29, 0.717) is 29.9 Å². The number of rotatable bonds is 7. The Hall–Kier alpha value is -2.55. The molecular formula is C20H25BrN4O4. The molecule has 9 heteroatoms. The molecule has 0 saturated carbocycles. The third-order valence-electron chi connectivity index (χ3n) is 4.88. The summed E-state index contributed by atoms with van der Waals surface area (Å²) in [6, 6.07) is 5.36. The molecular weight excluding hydrogens is 440 g/mol. The van der Waals surface area contributed by atoms with Crippen LogP contribution >= 0.6 is 15.9 Å². The molecule has 29 heavy (non-hydrogen) atoms. The molecule has 1 N–H and O–H groups in total. The van der Waals surface area contributed by atoms with Crippen LogP contribution < -0.4 is 19.7 Å². The monoisotopic (exact) mass is 464 g/mol. The summed E-state index contributed by atoms with van der Waals surface area (Å²) in [5.41, 5.74) is 0.941. The normalized spacial score (nSPS) is 17.3. The Morgan fingerprint density at radius 1 is 1.24 bits per heavy atom. The van der Waals surface area contributed by atoms with E-state index in [4.69, 9.17) is 14.2 Å². The van der Waals surface area contributed by atoms with Crippen molar-refractivity contribution in [3.63, 3.8) is 0 Å². The lowest BCUT2D eigenvalue weighted by Gasteiger charge is -2.24. The fourth-order valence-corrected chi connectivity index (χ4v) is 3.71. The number of ether oxygens (including phenoxy) is 3. The molecule has 2 unspecified atom stereocenters. The van der Waals surface area contributed by atoms with Crippen LogP contribution in [-0.4, -0.2) is 42.9 Å². The molecule has 1 aromatic heterocycles. The van der Waals surface area contributed by atoms with E-state index < -0.39 is 0 Å². The van der Waals surface area contributed by atoms with Crippen LogP contribution in [-0.2, 0) is 4.74 Å². The number of benzene rings is 1. The molecule has 1 amide bonds. The van der Waals surface area contributed by atoms with Crippen LogP contribution in [0.3, 0.4) is 0 Å². The molecule has 1 aliphatic rings. The molecule has 1 aromatic carbocycles. The zero-order chi connectivity index (χ0) is 21.1. The molecule has 2 aromatic rings. The van der Waals surface area contributed by atoms with E-state index >= 15 is 0 Å². The Morgan fingerprint density at radius 3 is 2.48 bits per heavy atom. The number of hydrogen-bond acceptors (Lipinski definition) is 7. The van der Waals surface area contributed by atoms with E-state index in [1.165, 1.54) is 0 Å². The van der Waals surface area contributed by atoms with Gasteiger partial charge in [-0.3, -0.25) is 4.90 Å². The number of carbonyl (C=O) groups excluding carboxylic acids is 1. The van der Waals surface area contributed by atoms with Gasteiger partial charge in [0, 0.05) is 6.20 Å². The minimum absolute atomic E-state index is 0.0531. The van der Waals surface area contributed by atoms with Gasteiger partial charge in [-0.05, 0) is 52.5 Å². The maximum atomic E-state index is 12.2. The van der Waals surface area contributed by atoms with Gasteiger partial charge in [0.05, 0.1) is 26.3 Å². The van der Waals surface area contributed by atoms with Crippen molar-refractivity contribution < 1.29 is 19.0 Å². The Labute approximate surface area is 178 Å². The summed E-state index contributed by atoms with van der Waals surface area (Å²) in [6.07, 6.45) is 1.24. The summed E-state index contributed by atoms with van der Waals surface area (Å²) < 4.78 is 16.8. The number of halogens is 1. The molecule has 8 nitrogen and oxygen atoms in total. The lowest BCUT2D eigenvalue weighted by molar-refractivity contribution is 0.177. The van der Waals surface area contributed by atoms with E-state index in [0.717, 1.165) is 10.0 Å². The van der Waals surface area contributed by atoms with E-state index in [1.807, 2.05) is 19.1 Å². The predicted octanol–water partition coefficient (Wildman–Crippen LogP) is 4.41. The number of aromatic nitrogens is 2. The van der Waals surface area contributed by atoms with Crippen LogP contribution in [0.4, 0.5) is 16.6 Å². The summed E-state index contributed by atoms with van der Waals surface area (Å²) in [7, 11) is 3.21. The second-order valence-corrected chi connectivity index (χ2v) is 7.90. The molecule has 0 aliphatic carbocycles. The quantitative estimate of drug-likeness (QED) is 0.648. The fraction of sp³-hybridized carbons (Fsp3) is 0.450. The van der Waals surface area contributed by atoms with Crippen LogP contribution in [0.15, 0.2) is 28.9 Å². The highest BCUT2D eigenvalue weighted by Gasteiger charge is 2.37. The van der Waals surface area contributed by atoms with Crippen LogP contribution in [0.2, 0.25) is 0 Å². The molecule has 2 atom stereocenters. The molecule has 0 bridgehead atoms. The van der Waals surface area contributed by atoms with Crippen molar-refractivity contribution in [1.29, 1.82) is 0 Å². The standard InChI is InChI=1S/C20H25BrN4O4/c1-11(2)14-10-29-20(26)25(14)17-6-7-22-19(24-17)23-12(3)13-8-15(27-4)18(21)16(9-13)28-5/h6-9,11-12,14H,10H2,1-5H3,(H,22,23,24). The van der Waals surface area contributed by atoms with Crippen molar-refractivity contribution in [3.05, 3.63) is 34.4 Å². The molecule has 1 saturated heterocycles. The number of cyclic esters (lactones) is 1. The van der Waals surface area contributed by atoms with Crippen LogP contribution in [0.1, 0.15) is 32.4 Å². The van der Waals surface area contributed by atoms with Crippen LogP contribution in [0, 0.1) is 5.92 Å². The first-order chi connectivity index (χ1) is 13.8. The van der Waals surface area contributed by atoms with E-state index in [2.05, 4.69) is 45.1 Å². The summed E-state index contributed by atoms with van der Waals surface area (Å²) in [6.45, 7) is 6.45. The van der Waals surface area contributed by atoms with Gasteiger partial charge in [-0.1, -0.05) is 13.8 Å². The first kappa shape index (κ1) is 21.2. The van der Waals surface area contributed by atoms with Crippen molar-refractivity contribution in [1.82, 2.24) is 9.97 Å². The number of nitrogens with zero attached hydrogens (tertiary/aromatic N) is 3. The average Bonchev–Trinajstić information content (AvgIpc) is 3.10. The maximum Gasteiger partial charge on any atom is 0.415 e. The Balaban J connectivity index is 1.84. The second-order valence-electron chi connectivity index (χ2n) is 7.10. The largest absolute Gasteiger partial charge is 0.495 e. The van der Waals surface area contributed by atoms with Gasteiger partial charge in [-0.25, -0.2) is 9.78 Å². The highest BCUT2D eigenvalue weighted by Crippen LogP contribution is 2.37. The number of carbonyl (C=O) groups is 1. The van der Waals surface area contributed by atoms with E-state index in [9.17, 15) is 4.79 Å². The maximum absolute atomic E-state index is 12.2. The van der Waals surface area contributed by atoms with E-state index in [-0.39, 0.29) is 24.1 Å². The number of nitrogens with one attached hydrogen (secondary N) is 1. The van der Waals surface area contributed by atoms with Crippen molar-refractivity contribution in [2.75, 3.05) is 31.0 Å². The smallest absolute Gasteiger partial charge is 0.415 e. The third kappa shape index (κ3) is 4.39. The molecule has 2 heterocycles. The highest BCUT2D eigenvalue weighted by atomic mass is 79.9. The molecule has 156 valence electrons. The Kier molecular flexibility index (Phi) is 6.46. The van der Waals surface area contributed by atoms with Crippen LogP contribution in [0.25, 0.3) is 0 Å². The zero-order valence-corrected chi connectivity index (χ0v) is 18.7. The minimum atomic E-state index is -0.385. The van der Waals surface area contributed by atoms with Gasteiger partial charge in [0.15, 0.2) is 0 Å². The van der Waals surface area contributed by atoms with Gasteiger partial charge in [-0.2, -0.15) is 4.98 Å². The van der Waals surface area contributed by atoms with Crippen LogP contribution in [0.5, 0.6) is 11.5 Å². The fourth-order valence-electron chi connectivity index (χ4n) is 3.16. The Morgan fingerprint density at radius 2 is 1.90 bits per heavy atom. The topological polar surface area (TPSA) is 85.8 Å². The first-order valence-electron chi connectivity index (χ1n) is 9.32. The van der Waals surface area contributed by atoms with Gasteiger partial charge in [0.2, 0.25) is 5.95 Å². The van der Waals surface area contributed by atoms with Crippen molar-refractivity contribution in [2.24, 2.45) is 5.92 Å². The molecule has 0 spiro atoms. The van der Waals surface area contributed by atoms with Crippen molar-refractivity contribution in [2.45, 2.75) is 32.9 Å². The van der Waals surface area contributed by atoms with Gasteiger partial charge in [0.1, 0.15) is 28.4 Å². The second kappa shape index (κ2) is 8.86. The number of amides is 1. The van der Waals surface area contributed by atoms with Gasteiger partial charge in [-0.15, -0.1) is 0 Å². The number of anilines is 2. The summed E-state index contributed by atoms with van der Waals surface area (Å²) in [4.78, 5) is 22.6. The van der Waals surface area contributed by atoms with Gasteiger partial charge < -0.3 is 19.5 Å². The minimum Gasteiger partial charge on any atom is -0.495 e. The lowest BCUT2D eigenvalue weighted by atomic mass is 10.0. The Bertz CT molecular complexity index is 868. The molecule has 1 fully saturated rings.